The average molecular weight is 337 g/mol. The van der Waals surface area contributed by atoms with Crippen LogP contribution in [0.25, 0.3) is 0 Å². The van der Waals surface area contributed by atoms with Gasteiger partial charge in [0.05, 0.1) is 0 Å². The first-order valence-electron chi connectivity index (χ1n) is 6.98. The van der Waals surface area contributed by atoms with E-state index >= 15 is 0 Å². The molecule has 0 heterocycles. The molecule has 0 nitrogen and oxygen atoms in total. The Morgan fingerprint density at radius 2 is 0.727 bits per heavy atom. The van der Waals surface area contributed by atoms with Gasteiger partial charge in [0, 0.05) is 0 Å². The zero-order chi connectivity index (χ0) is 13.8. The van der Waals surface area contributed by atoms with Crippen molar-refractivity contribution in [3.8, 4) is 0 Å². The molecule has 100 valence electrons. The van der Waals surface area contributed by atoms with Gasteiger partial charge in [0.25, 0.3) is 0 Å². The Labute approximate surface area is 164 Å². The van der Waals surface area contributed by atoms with E-state index in [-0.39, 0.29) is 39.9 Å². The Hall–Kier alpha value is -0.665. The fourth-order valence-electron chi connectivity index (χ4n) is 2.81. The summed E-state index contributed by atoms with van der Waals surface area (Å²) in [5, 5.41) is 0. The van der Waals surface area contributed by atoms with Gasteiger partial charge < -0.3 is 17.0 Å². The fraction of sp³-hybridized carbons (Fsp3) is 0.0526. The molecule has 0 atom stereocenters. The zero-order valence-corrected chi connectivity index (χ0v) is 14.6. The van der Waals surface area contributed by atoms with Crippen molar-refractivity contribution in [2.45, 2.75) is 4.09 Å². The van der Waals surface area contributed by atoms with Gasteiger partial charge in [0.15, 0.2) is 0 Å². The van der Waals surface area contributed by atoms with Gasteiger partial charge in [-0.2, -0.15) is 0 Å². The monoisotopic (exact) mass is 336 g/mol. The number of rotatable bonds is 3. The summed E-state index contributed by atoms with van der Waals surface area (Å²) < 4.78 is -0.121. The number of hydrogen-bond acceptors (Lipinski definition) is 0. The first kappa shape index (κ1) is 19.4. The molecule has 0 fully saturated rings. The SMILES string of the molecule is [Br-].[Li+].[Li][C](c1ccccc1)(c1ccccc1)c1ccccc1. The Morgan fingerprint density at radius 1 is 0.500 bits per heavy atom. The van der Waals surface area contributed by atoms with E-state index in [9.17, 15) is 0 Å². The summed E-state index contributed by atoms with van der Waals surface area (Å²) in [6.07, 6.45) is 0. The van der Waals surface area contributed by atoms with E-state index in [4.69, 9.17) is 0 Å². The van der Waals surface area contributed by atoms with Crippen molar-refractivity contribution < 1.29 is 35.8 Å². The van der Waals surface area contributed by atoms with E-state index in [2.05, 4.69) is 109 Å². The molecule has 3 rings (SSSR count). The average Bonchev–Trinajstić information content (AvgIpc) is 2.56. The van der Waals surface area contributed by atoms with E-state index in [0.717, 1.165) is 0 Å². The van der Waals surface area contributed by atoms with E-state index in [1.807, 2.05) is 0 Å². The van der Waals surface area contributed by atoms with E-state index < -0.39 is 0 Å². The van der Waals surface area contributed by atoms with Gasteiger partial charge >= 0.3 is 148 Å². The van der Waals surface area contributed by atoms with Crippen molar-refractivity contribution in [1.82, 2.24) is 0 Å². The van der Waals surface area contributed by atoms with Crippen LogP contribution in [0.1, 0.15) is 16.7 Å². The molecule has 0 aliphatic heterocycles. The van der Waals surface area contributed by atoms with Gasteiger partial charge in [-0.25, -0.2) is 0 Å². The summed E-state index contributed by atoms with van der Waals surface area (Å²) in [5.41, 5.74) is 3.95. The van der Waals surface area contributed by atoms with E-state index in [0.29, 0.717) is 0 Å². The summed E-state index contributed by atoms with van der Waals surface area (Å²) in [7, 11) is 0. The van der Waals surface area contributed by atoms with Crippen LogP contribution < -0.4 is 35.8 Å². The van der Waals surface area contributed by atoms with Crippen molar-refractivity contribution >= 4 is 17.7 Å². The van der Waals surface area contributed by atoms with Crippen molar-refractivity contribution in [3.05, 3.63) is 108 Å². The van der Waals surface area contributed by atoms with E-state index in [1.54, 1.807) is 0 Å². The number of benzene rings is 3. The molecular weight excluding hydrogens is 322 g/mol. The molecule has 0 radical (unpaired) electrons. The number of hydrogen-bond donors (Lipinski definition) is 0. The quantitative estimate of drug-likeness (QED) is 0.389. The van der Waals surface area contributed by atoms with Gasteiger partial charge in [0.2, 0.25) is 0 Å². The molecule has 0 unspecified atom stereocenters. The molecule has 0 aliphatic carbocycles. The molecule has 0 bridgehead atoms. The topological polar surface area (TPSA) is 0 Å². The van der Waals surface area contributed by atoms with Crippen molar-refractivity contribution in [2.24, 2.45) is 0 Å². The molecule has 0 saturated heterocycles. The van der Waals surface area contributed by atoms with E-state index in [1.165, 1.54) is 16.7 Å². The molecule has 3 heteroatoms. The van der Waals surface area contributed by atoms with Gasteiger partial charge in [-0.05, 0) is 0 Å². The summed E-state index contributed by atoms with van der Waals surface area (Å²) in [5.74, 6) is 0. The predicted molar refractivity (Wildman–Crippen MR) is 85.0 cm³/mol. The molecule has 3 aromatic carbocycles. The van der Waals surface area contributed by atoms with Crippen LogP contribution in [-0.4, -0.2) is 17.7 Å². The fourth-order valence-corrected chi connectivity index (χ4v) is 2.81. The van der Waals surface area contributed by atoms with Crippen LogP contribution in [0.2, 0.25) is 0 Å². The van der Waals surface area contributed by atoms with Crippen molar-refractivity contribution in [2.75, 3.05) is 0 Å². The van der Waals surface area contributed by atoms with Crippen LogP contribution in [0.15, 0.2) is 91.0 Å². The zero-order valence-electron chi connectivity index (χ0n) is 13.0. The molecule has 22 heavy (non-hydrogen) atoms. The molecule has 0 amide bonds. The third-order valence-corrected chi connectivity index (χ3v) is 4.05. The Bertz CT molecular complexity index is 573. The molecule has 0 spiro atoms. The van der Waals surface area contributed by atoms with Gasteiger partial charge in [-0.15, -0.1) is 0 Å². The van der Waals surface area contributed by atoms with Gasteiger partial charge in [-0.3, -0.25) is 0 Å². The maximum atomic E-state index is 2.30. The maximum absolute atomic E-state index is 2.30. The molecule has 0 aromatic heterocycles. The Morgan fingerprint density at radius 3 is 0.955 bits per heavy atom. The summed E-state index contributed by atoms with van der Waals surface area (Å²) >= 11 is 2.30. The second kappa shape index (κ2) is 8.83. The third-order valence-electron chi connectivity index (χ3n) is 4.05. The third kappa shape index (κ3) is 3.80. The predicted octanol–water partition coefficient (Wildman–Crippen LogP) is -1.84. The summed E-state index contributed by atoms with van der Waals surface area (Å²) in [6.45, 7) is 0. The Balaban J connectivity index is 0.00000121. The Kier molecular flexibility index (Phi) is 7.78. The second-order valence-electron chi connectivity index (χ2n) is 5.22. The second-order valence-corrected chi connectivity index (χ2v) is 5.22. The molecule has 0 aliphatic rings. The van der Waals surface area contributed by atoms with Gasteiger partial charge in [0.1, 0.15) is 0 Å². The summed E-state index contributed by atoms with van der Waals surface area (Å²) in [4.78, 5) is 0. The molecular formula is C19H15BrLi2. The normalized spacial score (nSPS) is 10.3. The first-order valence-corrected chi connectivity index (χ1v) is 6.98. The molecule has 0 N–H and O–H groups in total. The van der Waals surface area contributed by atoms with Crippen molar-refractivity contribution in [3.63, 3.8) is 0 Å². The number of halogens is 1. The van der Waals surface area contributed by atoms with Gasteiger partial charge in [-0.1, -0.05) is 0 Å². The van der Waals surface area contributed by atoms with Crippen LogP contribution in [0.4, 0.5) is 0 Å². The van der Waals surface area contributed by atoms with Crippen LogP contribution >= 0.6 is 0 Å². The van der Waals surface area contributed by atoms with Crippen LogP contribution in [0.5, 0.6) is 0 Å². The minimum absolute atomic E-state index is 0. The van der Waals surface area contributed by atoms with Crippen LogP contribution in [0, 0.1) is 0 Å². The standard InChI is InChI=1S/C19H15.BrH.2Li/c1-4-10-16(11-5-1)19(17-12-6-2-7-13-17)18-14-8-3-9-15-18;;;/h1-15H;1H;;/q;;;+1/p-1. The van der Waals surface area contributed by atoms with Crippen molar-refractivity contribution in [1.29, 1.82) is 0 Å². The molecule has 3 aromatic rings. The minimum atomic E-state index is -0.121. The first-order chi connectivity index (χ1) is 9.82. The summed E-state index contributed by atoms with van der Waals surface area (Å²) in [6, 6.07) is 32.1. The van der Waals surface area contributed by atoms with Crippen LogP contribution in [-0.2, 0) is 4.09 Å². The molecule has 0 saturated carbocycles. The van der Waals surface area contributed by atoms with Crippen LogP contribution in [0.3, 0.4) is 0 Å².